The highest BCUT2D eigenvalue weighted by Gasteiger charge is 2.25. The quantitative estimate of drug-likeness (QED) is 0.542. The van der Waals surface area contributed by atoms with E-state index in [4.69, 9.17) is 0 Å². The Kier molecular flexibility index (Phi) is 4.00. The van der Waals surface area contributed by atoms with Gasteiger partial charge in [-0.25, -0.2) is 0 Å². The zero-order chi connectivity index (χ0) is 13.2. The molecule has 94 valence electrons. The first kappa shape index (κ1) is 13.5. The van der Waals surface area contributed by atoms with Crippen LogP contribution in [-0.4, -0.2) is 4.51 Å². The Morgan fingerprint density at radius 3 is 1.39 bits per heavy atom. The summed E-state index contributed by atoms with van der Waals surface area (Å²) in [4.78, 5) is 0. The van der Waals surface area contributed by atoms with E-state index in [-0.39, 0.29) is 24.2 Å². The molecule has 0 aliphatic rings. The third-order valence-corrected chi connectivity index (χ3v) is 6.23. The molecule has 0 unspecified atom stereocenters. The lowest BCUT2D eigenvalue weighted by atomic mass is 9.92. The fourth-order valence-corrected chi connectivity index (χ4v) is 3.65. The van der Waals surface area contributed by atoms with Crippen LogP contribution in [0.1, 0.15) is 29.2 Å². The van der Waals surface area contributed by atoms with Gasteiger partial charge in [-0.05, 0) is 31.9 Å². The largest absolute Gasteiger partial charge is 0.114 e. The second-order valence-corrected chi connectivity index (χ2v) is 7.79. The van der Waals surface area contributed by atoms with Crippen molar-refractivity contribution in [2.45, 2.75) is 24.2 Å². The van der Waals surface area contributed by atoms with Gasteiger partial charge in [-0.2, -0.15) is 0 Å². The molecule has 0 saturated carbocycles. The van der Waals surface area contributed by atoms with Gasteiger partial charge in [0.25, 0.3) is 0 Å². The van der Waals surface area contributed by atoms with Crippen LogP contribution in [0.2, 0.25) is 0 Å². The number of benzene rings is 2. The number of aryl methyl sites for hydroxylation is 2. The maximum Gasteiger partial charge on any atom is 0.0637 e. The average molecular weight is 350 g/mol. The molecule has 0 spiro atoms. The van der Waals surface area contributed by atoms with Crippen molar-refractivity contribution in [1.82, 2.24) is 0 Å². The molecule has 0 heterocycles. The summed E-state index contributed by atoms with van der Waals surface area (Å²) in [7, 11) is 0. The summed E-state index contributed by atoms with van der Waals surface area (Å²) >= 11 is -0.169. The Morgan fingerprint density at radius 1 is 0.778 bits per heavy atom. The van der Waals surface area contributed by atoms with Crippen molar-refractivity contribution in [1.29, 1.82) is 0 Å². The first-order chi connectivity index (χ1) is 8.56. The van der Waals surface area contributed by atoms with Crippen molar-refractivity contribution in [3.05, 3.63) is 70.8 Å². The highest BCUT2D eigenvalue weighted by atomic mass is 127. The summed E-state index contributed by atoms with van der Waals surface area (Å²) in [5, 5.41) is 0. The van der Waals surface area contributed by atoms with E-state index in [9.17, 15) is 0 Å². The van der Waals surface area contributed by atoms with Crippen molar-refractivity contribution in [3.63, 3.8) is 0 Å². The van der Waals surface area contributed by atoms with Gasteiger partial charge in [0.05, 0.1) is 3.42 Å². The van der Waals surface area contributed by atoms with Gasteiger partial charge in [-0.3, -0.25) is 0 Å². The van der Waals surface area contributed by atoms with Crippen LogP contribution in [0.4, 0.5) is 0 Å². The topological polar surface area (TPSA) is 0 Å². The van der Waals surface area contributed by atoms with E-state index in [1.54, 1.807) is 0 Å². The molecule has 0 nitrogen and oxygen atoms in total. The van der Waals surface area contributed by atoms with E-state index in [0.717, 1.165) is 0 Å². The Morgan fingerprint density at radius 2 is 1.11 bits per heavy atom. The lowest BCUT2D eigenvalue weighted by Gasteiger charge is -2.26. The molecule has 0 bridgehead atoms. The van der Waals surface area contributed by atoms with Crippen LogP contribution >= 0.6 is 20.7 Å². The minimum Gasteiger partial charge on any atom is -0.114 e. The summed E-state index contributed by atoms with van der Waals surface area (Å²) < 4.78 is 4.38. The summed E-state index contributed by atoms with van der Waals surface area (Å²) in [6.45, 7) is 6.58. The molecule has 0 aliphatic heterocycles. The van der Waals surface area contributed by atoms with E-state index in [1.807, 2.05) is 0 Å². The molecule has 0 saturated heterocycles. The van der Waals surface area contributed by atoms with Crippen molar-refractivity contribution in [2.75, 3.05) is 0 Å². The molecular weight excluding hydrogens is 331 g/mol. The first-order valence-electron chi connectivity index (χ1n) is 6.10. The van der Waals surface area contributed by atoms with Crippen molar-refractivity contribution in [3.8, 4) is 0 Å². The van der Waals surface area contributed by atoms with E-state index < -0.39 is 0 Å². The van der Waals surface area contributed by atoms with Gasteiger partial charge in [-0.1, -0.05) is 64.2 Å². The summed E-state index contributed by atoms with van der Waals surface area (Å²) in [5.74, 6) is 0. The maximum atomic E-state index is 4.27. The van der Waals surface area contributed by atoms with Crippen molar-refractivity contribution >= 4 is 25.2 Å². The van der Waals surface area contributed by atoms with E-state index >= 15 is 0 Å². The number of alkyl halides is 1. The maximum absolute atomic E-state index is 4.27. The number of halogens is 1. The molecule has 0 aromatic heterocycles. The van der Waals surface area contributed by atoms with Crippen LogP contribution in [-0.2, 0) is 3.42 Å². The average Bonchev–Trinajstić information content (AvgIpc) is 2.39. The third-order valence-electron chi connectivity index (χ3n) is 3.45. The molecule has 0 aliphatic carbocycles. The molecule has 1 heteroatoms. The predicted molar refractivity (Wildman–Crippen MR) is 90.0 cm³/mol. The lowest BCUT2D eigenvalue weighted by Crippen LogP contribution is -2.15. The van der Waals surface area contributed by atoms with Gasteiger partial charge in [-0.15, -0.1) is 20.7 Å². The van der Waals surface area contributed by atoms with Gasteiger partial charge in [0, 0.05) is 0 Å². The number of hydrogen-bond acceptors (Lipinski definition) is 0. The van der Waals surface area contributed by atoms with Crippen molar-refractivity contribution < 1.29 is 0 Å². The van der Waals surface area contributed by atoms with Crippen LogP contribution in [0.3, 0.4) is 0 Å². The zero-order valence-corrected chi connectivity index (χ0v) is 13.4. The van der Waals surface area contributed by atoms with E-state index in [0.29, 0.717) is 0 Å². The second kappa shape index (κ2) is 5.35. The van der Waals surface area contributed by atoms with Crippen molar-refractivity contribution in [2.24, 2.45) is 0 Å². The minimum atomic E-state index is -0.169. The standard InChI is InChI=1S/C17H19I/c1-13-5-9-15(10-6-13)17(3,18-4)16-11-7-14(2)8-12-16/h5-12H,4H2,1-3H3. The molecule has 0 N–H and O–H groups in total. The molecule has 2 aromatic carbocycles. The minimum absolute atomic E-state index is 0.111. The highest BCUT2D eigenvalue weighted by molar-refractivity contribution is 14.2. The Labute approximate surface area is 120 Å². The molecular formula is C17H19I. The SMILES string of the molecule is C=IC(C)(c1ccc(C)cc1)c1ccc(C)cc1. The molecule has 0 atom stereocenters. The van der Waals surface area contributed by atoms with Gasteiger partial charge in [0.2, 0.25) is 0 Å². The fourth-order valence-electron chi connectivity index (χ4n) is 2.05. The summed E-state index contributed by atoms with van der Waals surface area (Å²) in [6.07, 6.45) is 0. The first-order valence-corrected chi connectivity index (χ1v) is 8.70. The van der Waals surface area contributed by atoms with Crippen LogP contribution < -0.4 is 0 Å². The van der Waals surface area contributed by atoms with E-state index in [1.165, 1.54) is 22.3 Å². The zero-order valence-electron chi connectivity index (χ0n) is 11.2. The van der Waals surface area contributed by atoms with Crippen LogP contribution in [0.5, 0.6) is 0 Å². The Balaban J connectivity index is 2.50. The molecule has 0 radical (unpaired) electrons. The summed E-state index contributed by atoms with van der Waals surface area (Å²) in [6, 6.07) is 17.8. The molecule has 18 heavy (non-hydrogen) atoms. The van der Waals surface area contributed by atoms with Gasteiger partial charge < -0.3 is 0 Å². The molecule has 2 rings (SSSR count). The monoisotopic (exact) mass is 350 g/mol. The highest BCUT2D eigenvalue weighted by Crippen LogP contribution is 2.41. The Hall–Kier alpha value is -0.960. The van der Waals surface area contributed by atoms with Gasteiger partial charge in [0.1, 0.15) is 0 Å². The second-order valence-electron chi connectivity index (χ2n) is 4.87. The fraction of sp³-hybridized carbons (Fsp3) is 0.235. The molecule has 0 amide bonds. The van der Waals surface area contributed by atoms with Crippen LogP contribution in [0.25, 0.3) is 0 Å². The normalized spacial score (nSPS) is 11.5. The Bertz CT molecular complexity index is 489. The number of rotatable bonds is 3. The molecule has 0 fully saturated rings. The van der Waals surface area contributed by atoms with Crippen LogP contribution in [0, 0.1) is 13.8 Å². The third kappa shape index (κ3) is 2.56. The predicted octanol–water partition coefficient (Wildman–Crippen LogP) is 4.97. The van der Waals surface area contributed by atoms with Gasteiger partial charge in [0.15, 0.2) is 0 Å². The van der Waals surface area contributed by atoms with E-state index in [2.05, 4.69) is 73.8 Å². The number of hydrogen-bond donors (Lipinski definition) is 0. The molecule has 2 aromatic rings. The smallest absolute Gasteiger partial charge is 0.0637 e. The van der Waals surface area contributed by atoms with Gasteiger partial charge >= 0.3 is 0 Å². The van der Waals surface area contributed by atoms with Crippen LogP contribution in [0.15, 0.2) is 48.5 Å². The summed E-state index contributed by atoms with van der Waals surface area (Å²) in [5.41, 5.74) is 5.40. The lowest BCUT2D eigenvalue weighted by molar-refractivity contribution is 0.881.